The second-order valence-electron chi connectivity index (χ2n) is 4.93. The van der Waals surface area contributed by atoms with Gasteiger partial charge >= 0.3 is 12.3 Å². The highest BCUT2D eigenvalue weighted by Gasteiger charge is 2.39. The fourth-order valence-corrected chi connectivity index (χ4v) is 1.78. The molecule has 0 fully saturated rings. The molecule has 0 heterocycles. The van der Waals surface area contributed by atoms with E-state index in [0.717, 1.165) is 6.07 Å². The molecule has 1 rings (SSSR count). The molecule has 0 aromatic heterocycles. The van der Waals surface area contributed by atoms with Gasteiger partial charge in [0.15, 0.2) is 11.5 Å². The Labute approximate surface area is 131 Å². The first-order valence-corrected chi connectivity index (χ1v) is 5.92. The number of benzene rings is 1. The topological polar surface area (TPSA) is 81.8 Å². The molecule has 0 aliphatic carbocycles. The third-order valence-electron chi connectivity index (χ3n) is 3.08. The summed E-state index contributed by atoms with van der Waals surface area (Å²) in [6, 6.07) is 2.42. The lowest BCUT2D eigenvalue weighted by Crippen LogP contribution is -2.37. The molecule has 1 atom stereocenters. The first-order chi connectivity index (χ1) is 9.50. The van der Waals surface area contributed by atoms with Crippen LogP contribution in [-0.4, -0.2) is 24.5 Å². The summed E-state index contributed by atoms with van der Waals surface area (Å²) in [5.41, 5.74) is 4.59. The highest BCUT2D eigenvalue weighted by Crippen LogP contribution is 2.41. The van der Waals surface area contributed by atoms with Crippen molar-refractivity contribution in [2.75, 3.05) is 7.11 Å². The van der Waals surface area contributed by atoms with Crippen molar-refractivity contribution in [2.45, 2.75) is 26.3 Å². The van der Waals surface area contributed by atoms with Gasteiger partial charge in [0.25, 0.3) is 0 Å². The van der Waals surface area contributed by atoms with Crippen molar-refractivity contribution in [3.63, 3.8) is 0 Å². The van der Waals surface area contributed by atoms with Crippen LogP contribution in [0.4, 0.5) is 13.2 Å². The smallest absolute Gasteiger partial charge is 0.504 e. The number of carbonyl (C=O) groups excluding carboxylic acids is 1. The van der Waals surface area contributed by atoms with Crippen LogP contribution in [0.1, 0.15) is 25.5 Å². The molecular weight excluding hydrogens is 327 g/mol. The minimum absolute atomic E-state index is 0. The highest BCUT2D eigenvalue weighted by atomic mass is 35.5. The Hall–Kier alpha value is -1.67. The number of hydrogen-bond donors (Lipinski definition) is 2. The molecule has 0 unspecified atom stereocenters. The molecule has 0 amide bonds. The molecule has 5 nitrogen and oxygen atoms in total. The Morgan fingerprint density at radius 3 is 2.32 bits per heavy atom. The number of phenols is 1. The molecule has 1 aromatic carbocycles. The first kappa shape index (κ1) is 20.3. The van der Waals surface area contributed by atoms with E-state index in [9.17, 15) is 23.1 Å². The van der Waals surface area contributed by atoms with Gasteiger partial charge in [-0.05, 0) is 19.9 Å². The second-order valence-corrected chi connectivity index (χ2v) is 4.93. The first-order valence-electron chi connectivity index (χ1n) is 5.92. The molecule has 3 N–H and O–H groups in total. The molecule has 0 spiro atoms. The number of halogens is 4. The van der Waals surface area contributed by atoms with E-state index in [1.807, 2.05) is 0 Å². The molecule has 0 bridgehead atoms. The number of para-hydroxylation sites is 1. The van der Waals surface area contributed by atoms with Crippen LogP contribution in [0.2, 0.25) is 0 Å². The quantitative estimate of drug-likeness (QED) is 0.821. The maximum Gasteiger partial charge on any atom is 0.573 e. The molecule has 0 aliphatic heterocycles. The standard InChI is InChI=1S/C13H16F3NO4.ClH/c1-12(2,11(19)20-3)10(17)7-5-4-6-8(9(7)18)21-13(14,15)16;/h4-6,10,18H,17H2,1-3H3;1H/t10-;/m0./s1. The van der Waals surface area contributed by atoms with Crippen molar-refractivity contribution in [3.05, 3.63) is 23.8 Å². The van der Waals surface area contributed by atoms with Gasteiger partial charge in [0.05, 0.1) is 12.5 Å². The number of ether oxygens (including phenoxy) is 2. The van der Waals surface area contributed by atoms with E-state index in [0.29, 0.717) is 0 Å². The number of methoxy groups -OCH3 is 1. The SMILES string of the molecule is COC(=O)C(C)(C)[C@@H](N)c1cccc(OC(F)(F)F)c1O.Cl. The van der Waals surface area contributed by atoms with Gasteiger partial charge in [-0.25, -0.2) is 0 Å². The van der Waals surface area contributed by atoms with E-state index < -0.39 is 35.3 Å². The summed E-state index contributed by atoms with van der Waals surface area (Å²) in [4.78, 5) is 11.7. The molecule has 0 saturated heterocycles. The van der Waals surface area contributed by atoms with Crippen LogP contribution < -0.4 is 10.5 Å². The van der Waals surface area contributed by atoms with Gasteiger partial charge < -0.3 is 20.3 Å². The van der Waals surface area contributed by atoms with Gasteiger partial charge in [-0.1, -0.05) is 12.1 Å². The van der Waals surface area contributed by atoms with Crippen LogP contribution in [0.15, 0.2) is 18.2 Å². The van der Waals surface area contributed by atoms with Crippen molar-refractivity contribution in [3.8, 4) is 11.5 Å². The summed E-state index contributed by atoms with van der Waals surface area (Å²) in [6.45, 7) is 2.92. The van der Waals surface area contributed by atoms with Crippen LogP contribution in [0.5, 0.6) is 11.5 Å². The Bertz CT molecular complexity index is 535. The Morgan fingerprint density at radius 2 is 1.86 bits per heavy atom. The zero-order valence-corrected chi connectivity index (χ0v) is 12.9. The van der Waals surface area contributed by atoms with E-state index in [1.165, 1.54) is 33.1 Å². The number of esters is 1. The van der Waals surface area contributed by atoms with Crippen LogP contribution in [-0.2, 0) is 9.53 Å². The number of carbonyl (C=O) groups is 1. The molecule has 0 saturated carbocycles. The van der Waals surface area contributed by atoms with Crippen molar-refractivity contribution >= 4 is 18.4 Å². The second kappa shape index (κ2) is 7.06. The number of aromatic hydroxyl groups is 1. The average molecular weight is 344 g/mol. The zero-order valence-electron chi connectivity index (χ0n) is 12.1. The van der Waals surface area contributed by atoms with Gasteiger partial charge in [-0.2, -0.15) is 0 Å². The normalized spacial score (nSPS) is 13.0. The highest BCUT2D eigenvalue weighted by molar-refractivity contribution is 5.85. The third-order valence-corrected chi connectivity index (χ3v) is 3.08. The molecule has 126 valence electrons. The number of rotatable bonds is 4. The van der Waals surface area contributed by atoms with E-state index in [4.69, 9.17) is 5.73 Å². The predicted octanol–water partition coefficient (Wildman–Crippen LogP) is 2.91. The molecule has 0 aliphatic rings. The lowest BCUT2D eigenvalue weighted by atomic mass is 9.80. The number of hydrogen-bond acceptors (Lipinski definition) is 5. The van der Waals surface area contributed by atoms with Crippen molar-refractivity contribution in [2.24, 2.45) is 11.1 Å². The van der Waals surface area contributed by atoms with Gasteiger partial charge in [-0.3, -0.25) is 4.79 Å². The zero-order chi connectivity index (χ0) is 16.4. The summed E-state index contributed by atoms with van der Waals surface area (Å²) in [6.07, 6.45) is -4.95. The molecular formula is C13H17ClF3NO4. The van der Waals surface area contributed by atoms with Crippen LogP contribution in [0, 0.1) is 5.41 Å². The van der Waals surface area contributed by atoms with Gasteiger partial charge in [0.1, 0.15) is 0 Å². The lowest BCUT2D eigenvalue weighted by molar-refractivity contribution is -0.275. The maximum atomic E-state index is 12.2. The summed E-state index contributed by atoms with van der Waals surface area (Å²) in [7, 11) is 1.17. The minimum Gasteiger partial charge on any atom is -0.504 e. The average Bonchev–Trinajstić information content (AvgIpc) is 2.37. The Morgan fingerprint density at radius 1 is 1.32 bits per heavy atom. The Balaban J connectivity index is 0.00000441. The largest absolute Gasteiger partial charge is 0.573 e. The summed E-state index contributed by atoms with van der Waals surface area (Å²) in [5, 5.41) is 9.88. The molecule has 22 heavy (non-hydrogen) atoms. The lowest BCUT2D eigenvalue weighted by Gasteiger charge is -2.29. The van der Waals surface area contributed by atoms with Gasteiger partial charge in [0, 0.05) is 11.6 Å². The summed E-state index contributed by atoms with van der Waals surface area (Å²) in [5.74, 6) is -2.20. The van der Waals surface area contributed by atoms with E-state index in [2.05, 4.69) is 9.47 Å². The van der Waals surface area contributed by atoms with Crippen LogP contribution in [0.3, 0.4) is 0 Å². The number of phenolic OH excluding ortho intramolecular Hbond substituents is 1. The van der Waals surface area contributed by atoms with E-state index in [1.54, 1.807) is 0 Å². The molecule has 0 radical (unpaired) electrons. The third kappa shape index (κ3) is 4.41. The van der Waals surface area contributed by atoms with Crippen molar-refractivity contribution < 1.29 is 32.5 Å². The van der Waals surface area contributed by atoms with Crippen LogP contribution >= 0.6 is 12.4 Å². The number of alkyl halides is 3. The monoisotopic (exact) mass is 343 g/mol. The Kier molecular flexibility index (Phi) is 6.52. The van der Waals surface area contributed by atoms with Crippen molar-refractivity contribution in [1.82, 2.24) is 0 Å². The van der Waals surface area contributed by atoms with Crippen LogP contribution in [0.25, 0.3) is 0 Å². The molecule has 1 aromatic rings. The number of nitrogens with two attached hydrogens (primary N) is 1. The molecule has 9 heteroatoms. The fourth-order valence-electron chi connectivity index (χ4n) is 1.78. The van der Waals surface area contributed by atoms with Gasteiger partial charge in [-0.15, -0.1) is 25.6 Å². The fraction of sp³-hybridized carbons (Fsp3) is 0.462. The minimum atomic E-state index is -4.95. The van der Waals surface area contributed by atoms with Gasteiger partial charge in [0.2, 0.25) is 0 Å². The summed E-state index contributed by atoms with van der Waals surface area (Å²) < 4.78 is 45.0. The summed E-state index contributed by atoms with van der Waals surface area (Å²) >= 11 is 0. The van der Waals surface area contributed by atoms with E-state index in [-0.39, 0.29) is 18.0 Å². The van der Waals surface area contributed by atoms with E-state index >= 15 is 0 Å². The van der Waals surface area contributed by atoms with Crippen molar-refractivity contribution in [1.29, 1.82) is 0 Å². The maximum absolute atomic E-state index is 12.2. The predicted molar refractivity (Wildman–Crippen MR) is 74.8 cm³/mol.